The second kappa shape index (κ2) is 13.4. The van der Waals surface area contributed by atoms with E-state index in [9.17, 15) is 19.6 Å². The number of rotatable bonds is 10. The maximum atomic E-state index is 12.5. The fourth-order valence-corrected chi connectivity index (χ4v) is 3.18. The van der Waals surface area contributed by atoms with Gasteiger partial charge in [0.05, 0.1) is 13.2 Å². The molecule has 8 nitrogen and oxygen atoms in total. The van der Waals surface area contributed by atoms with Crippen molar-refractivity contribution in [2.75, 3.05) is 23.8 Å². The normalized spacial score (nSPS) is 11.2. The number of amides is 1. The van der Waals surface area contributed by atoms with Gasteiger partial charge in [-0.3, -0.25) is 9.59 Å². The predicted molar refractivity (Wildman–Crippen MR) is 127 cm³/mol. The van der Waals surface area contributed by atoms with Gasteiger partial charge in [-0.1, -0.05) is 18.2 Å². The van der Waals surface area contributed by atoms with E-state index in [0.717, 1.165) is 12.2 Å². The molecule has 2 aromatic rings. The van der Waals surface area contributed by atoms with Gasteiger partial charge in [-0.2, -0.15) is 5.26 Å². The Morgan fingerprint density at radius 2 is 1.61 bits per heavy atom. The molecule has 2 N–H and O–H groups in total. The van der Waals surface area contributed by atoms with Gasteiger partial charge in [-0.05, 0) is 68.1 Å². The smallest absolute Gasteiger partial charge is 0.351 e. The molecule has 0 bridgehead atoms. The molecular formula is C24H23N3O5S. The number of hydrogen-bond acceptors (Lipinski definition) is 8. The molecule has 0 aliphatic heterocycles. The predicted octanol–water partition coefficient (Wildman–Crippen LogP) is 4.25. The molecule has 0 saturated carbocycles. The number of carbonyl (C=O) groups is 3. The van der Waals surface area contributed by atoms with Crippen molar-refractivity contribution in [3.63, 3.8) is 0 Å². The lowest BCUT2D eigenvalue weighted by Crippen LogP contribution is -2.13. The number of nitrogens with zero attached hydrogens (tertiary/aromatic N) is 1. The fraction of sp³-hybridized carbons (Fsp3) is 0.167. The standard InChI is InChI=1S/C24H23N3O5S/c1-3-31-19-12-10-18(11-13-19)26-21(28)14-15-22(29)33-23(20(16-25)24(30)32-4-2)27-17-8-6-5-7-9-17/h5-15,27H,3-4H2,1-2H3,(H,26,28)/b15-14+,23-20+. The molecule has 170 valence electrons. The minimum atomic E-state index is -0.851. The second-order valence-electron chi connectivity index (χ2n) is 6.23. The Hall–Kier alpha value is -4.03. The molecular weight excluding hydrogens is 442 g/mol. The molecule has 2 rings (SSSR count). The van der Waals surface area contributed by atoms with Crippen molar-refractivity contribution in [2.45, 2.75) is 13.8 Å². The Labute approximate surface area is 196 Å². The molecule has 0 unspecified atom stereocenters. The van der Waals surface area contributed by atoms with Gasteiger partial charge in [0.1, 0.15) is 16.8 Å². The van der Waals surface area contributed by atoms with E-state index in [4.69, 9.17) is 9.47 Å². The molecule has 2 aromatic carbocycles. The number of nitrogens with one attached hydrogen (secondary N) is 2. The second-order valence-corrected chi connectivity index (χ2v) is 7.24. The summed E-state index contributed by atoms with van der Waals surface area (Å²) in [4.78, 5) is 36.8. The number of anilines is 2. The highest BCUT2D eigenvalue weighted by molar-refractivity contribution is 8.17. The zero-order valence-corrected chi connectivity index (χ0v) is 19.0. The van der Waals surface area contributed by atoms with Crippen LogP contribution in [0.15, 0.2) is 77.4 Å². The first-order valence-electron chi connectivity index (χ1n) is 10.0. The Balaban J connectivity index is 2.11. The van der Waals surface area contributed by atoms with E-state index in [1.165, 1.54) is 0 Å². The molecule has 0 fully saturated rings. The summed E-state index contributed by atoms with van der Waals surface area (Å²) in [7, 11) is 0. The van der Waals surface area contributed by atoms with Crippen molar-refractivity contribution in [2.24, 2.45) is 0 Å². The average molecular weight is 466 g/mol. The van der Waals surface area contributed by atoms with Crippen LogP contribution in [-0.4, -0.2) is 30.2 Å². The van der Waals surface area contributed by atoms with E-state index in [0.29, 0.717) is 35.5 Å². The zero-order valence-electron chi connectivity index (χ0n) is 18.2. The van der Waals surface area contributed by atoms with Crippen LogP contribution in [0.4, 0.5) is 11.4 Å². The molecule has 0 heterocycles. The number of thioether (sulfide) groups is 1. The number of nitriles is 1. The van der Waals surface area contributed by atoms with Crippen LogP contribution in [0.5, 0.6) is 5.75 Å². The summed E-state index contributed by atoms with van der Waals surface area (Å²) in [5.41, 5.74) is 0.766. The SMILES string of the molecule is CCOC(=O)/C(C#N)=C(\Nc1ccccc1)SC(=O)/C=C/C(=O)Nc1ccc(OCC)cc1. The fourth-order valence-electron chi connectivity index (χ4n) is 2.45. The molecule has 1 amide bonds. The van der Waals surface area contributed by atoms with Crippen molar-refractivity contribution in [1.82, 2.24) is 0 Å². The lowest BCUT2D eigenvalue weighted by atomic mass is 10.3. The lowest BCUT2D eigenvalue weighted by molar-refractivity contribution is -0.138. The van der Waals surface area contributed by atoms with Crippen LogP contribution in [0.2, 0.25) is 0 Å². The number of carbonyl (C=O) groups excluding carboxylic acids is 3. The van der Waals surface area contributed by atoms with Gasteiger partial charge >= 0.3 is 5.97 Å². The van der Waals surface area contributed by atoms with E-state index in [2.05, 4.69) is 10.6 Å². The van der Waals surface area contributed by atoms with E-state index in [1.807, 2.05) is 6.92 Å². The van der Waals surface area contributed by atoms with Crippen LogP contribution in [0, 0.1) is 11.3 Å². The van der Waals surface area contributed by atoms with E-state index < -0.39 is 17.0 Å². The van der Waals surface area contributed by atoms with Gasteiger partial charge in [-0.15, -0.1) is 0 Å². The van der Waals surface area contributed by atoms with Gasteiger partial charge in [0.25, 0.3) is 0 Å². The van der Waals surface area contributed by atoms with Crippen molar-refractivity contribution >= 4 is 40.1 Å². The highest BCUT2D eigenvalue weighted by Crippen LogP contribution is 2.25. The minimum absolute atomic E-state index is 0.00345. The third-order valence-corrected chi connectivity index (χ3v) is 4.70. The number of esters is 1. The van der Waals surface area contributed by atoms with Crippen LogP contribution in [-0.2, 0) is 19.1 Å². The van der Waals surface area contributed by atoms with Crippen molar-refractivity contribution in [3.8, 4) is 11.8 Å². The van der Waals surface area contributed by atoms with E-state index in [-0.39, 0.29) is 17.2 Å². The summed E-state index contributed by atoms with van der Waals surface area (Å²) < 4.78 is 10.3. The molecule has 0 aliphatic carbocycles. The largest absolute Gasteiger partial charge is 0.494 e. The minimum Gasteiger partial charge on any atom is -0.494 e. The molecule has 0 atom stereocenters. The first-order chi connectivity index (χ1) is 16.0. The van der Waals surface area contributed by atoms with Crippen LogP contribution < -0.4 is 15.4 Å². The van der Waals surface area contributed by atoms with Crippen LogP contribution >= 0.6 is 11.8 Å². The molecule has 0 aliphatic rings. The van der Waals surface area contributed by atoms with Gasteiger partial charge in [-0.25, -0.2) is 4.79 Å². The molecule has 0 radical (unpaired) electrons. The van der Waals surface area contributed by atoms with E-state index >= 15 is 0 Å². The van der Waals surface area contributed by atoms with E-state index in [1.54, 1.807) is 67.6 Å². The maximum absolute atomic E-state index is 12.5. The molecule has 9 heteroatoms. The molecule has 33 heavy (non-hydrogen) atoms. The third-order valence-electron chi connectivity index (χ3n) is 3.86. The third kappa shape index (κ3) is 8.55. The van der Waals surface area contributed by atoms with Crippen LogP contribution in [0.25, 0.3) is 0 Å². The van der Waals surface area contributed by atoms with Crippen molar-refractivity contribution in [3.05, 3.63) is 77.4 Å². The summed E-state index contributed by atoms with van der Waals surface area (Å²) in [6, 6.07) is 17.3. The first kappa shape index (κ1) is 25.2. The average Bonchev–Trinajstić information content (AvgIpc) is 2.80. The van der Waals surface area contributed by atoms with Crippen LogP contribution in [0.1, 0.15) is 13.8 Å². The molecule has 0 aromatic heterocycles. The van der Waals surface area contributed by atoms with Gasteiger partial charge < -0.3 is 20.1 Å². The quantitative estimate of drug-likeness (QED) is 0.304. The number of hydrogen-bond donors (Lipinski definition) is 2. The van der Waals surface area contributed by atoms with Crippen molar-refractivity contribution < 1.29 is 23.9 Å². The summed E-state index contributed by atoms with van der Waals surface area (Å²) in [5.74, 6) is -0.686. The first-order valence-corrected chi connectivity index (χ1v) is 10.9. The van der Waals surface area contributed by atoms with Crippen molar-refractivity contribution in [1.29, 1.82) is 5.26 Å². The monoisotopic (exact) mass is 465 g/mol. The lowest BCUT2D eigenvalue weighted by Gasteiger charge is -2.11. The Kier molecular flexibility index (Phi) is 10.2. The summed E-state index contributed by atoms with van der Waals surface area (Å²) in [5, 5.41) is 14.4. The van der Waals surface area contributed by atoms with Gasteiger partial charge in [0.15, 0.2) is 5.57 Å². The zero-order chi connectivity index (χ0) is 24.1. The van der Waals surface area contributed by atoms with Gasteiger partial charge in [0.2, 0.25) is 11.0 Å². The molecule has 0 saturated heterocycles. The summed E-state index contributed by atoms with van der Waals surface area (Å²) in [6.07, 6.45) is 2.13. The Morgan fingerprint density at radius 3 is 2.21 bits per heavy atom. The topological polar surface area (TPSA) is 118 Å². The van der Waals surface area contributed by atoms with Gasteiger partial charge in [0, 0.05) is 17.5 Å². The highest BCUT2D eigenvalue weighted by atomic mass is 32.2. The van der Waals surface area contributed by atoms with Crippen LogP contribution in [0.3, 0.4) is 0 Å². The number of benzene rings is 2. The summed E-state index contributed by atoms with van der Waals surface area (Å²) in [6.45, 7) is 4.10. The number of para-hydroxylation sites is 1. The molecule has 0 spiro atoms. The Bertz CT molecular complexity index is 1070. The summed E-state index contributed by atoms with van der Waals surface area (Å²) >= 11 is 0.605. The highest BCUT2D eigenvalue weighted by Gasteiger charge is 2.20. The maximum Gasteiger partial charge on any atom is 0.351 e. The number of ether oxygens (including phenoxy) is 2. The Morgan fingerprint density at radius 1 is 0.939 bits per heavy atom.